The zero-order valence-electron chi connectivity index (χ0n) is 14.4. The Bertz CT molecular complexity index is 915. The summed E-state index contributed by atoms with van der Waals surface area (Å²) in [6.07, 6.45) is 0. The molecule has 0 radical (unpaired) electrons. The van der Waals surface area contributed by atoms with Crippen LogP contribution in [0.25, 0.3) is 0 Å². The molecule has 0 bridgehead atoms. The van der Waals surface area contributed by atoms with E-state index in [1.165, 1.54) is 19.1 Å². The van der Waals surface area contributed by atoms with Crippen molar-refractivity contribution in [2.75, 3.05) is 5.32 Å². The van der Waals surface area contributed by atoms with E-state index in [4.69, 9.17) is 23.2 Å². The van der Waals surface area contributed by atoms with Crippen LogP contribution in [0.5, 0.6) is 0 Å². The number of nitrogens with zero attached hydrogens (tertiary/aromatic N) is 1. The summed E-state index contributed by atoms with van der Waals surface area (Å²) in [6, 6.07) is 7.39. The van der Waals surface area contributed by atoms with E-state index in [2.05, 4.69) is 5.32 Å². The maximum Gasteiger partial charge on any atom is 0.262 e. The van der Waals surface area contributed by atoms with Gasteiger partial charge in [0, 0.05) is 5.69 Å². The van der Waals surface area contributed by atoms with Gasteiger partial charge in [-0.15, -0.1) is 0 Å². The van der Waals surface area contributed by atoms with Crippen molar-refractivity contribution >= 4 is 46.6 Å². The smallest absolute Gasteiger partial charge is 0.262 e. The van der Waals surface area contributed by atoms with Gasteiger partial charge in [-0.1, -0.05) is 35.3 Å². The molecular weight excluding hydrogens is 375 g/mol. The number of hydrogen-bond acceptors (Lipinski definition) is 3. The van der Waals surface area contributed by atoms with Gasteiger partial charge < -0.3 is 5.32 Å². The van der Waals surface area contributed by atoms with Crippen molar-refractivity contribution in [3.63, 3.8) is 0 Å². The number of nitrogens with one attached hydrogen (secondary N) is 1. The number of rotatable bonds is 3. The molecule has 0 saturated heterocycles. The van der Waals surface area contributed by atoms with Crippen molar-refractivity contribution in [2.24, 2.45) is 0 Å². The van der Waals surface area contributed by atoms with E-state index < -0.39 is 23.8 Å². The molecule has 0 spiro atoms. The normalized spacial score (nSPS) is 14.4. The Hall–Kier alpha value is -2.37. The molecule has 1 aliphatic rings. The van der Waals surface area contributed by atoms with Crippen LogP contribution in [-0.2, 0) is 4.79 Å². The molecule has 0 aliphatic carbocycles. The van der Waals surface area contributed by atoms with Gasteiger partial charge in [0.15, 0.2) is 0 Å². The summed E-state index contributed by atoms with van der Waals surface area (Å²) in [7, 11) is 0. The Kier molecular flexibility index (Phi) is 4.78. The number of halogens is 2. The monoisotopic (exact) mass is 390 g/mol. The second-order valence-electron chi connectivity index (χ2n) is 6.28. The molecule has 134 valence electrons. The highest BCUT2D eigenvalue weighted by molar-refractivity contribution is 6.43. The Morgan fingerprint density at radius 3 is 2.08 bits per heavy atom. The third kappa shape index (κ3) is 3.08. The maximum absolute atomic E-state index is 12.6. The van der Waals surface area contributed by atoms with Crippen LogP contribution in [0, 0.1) is 13.8 Å². The molecule has 7 heteroatoms. The first-order chi connectivity index (χ1) is 12.2. The van der Waals surface area contributed by atoms with Gasteiger partial charge in [-0.2, -0.15) is 0 Å². The summed E-state index contributed by atoms with van der Waals surface area (Å²) in [6.45, 7) is 5.28. The first-order valence-corrected chi connectivity index (χ1v) is 8.71. The number of carbonyl (C=O) groups excluding carboxylic acids is 3. The van der Waals surface area contributed by atoms with E-state index >= 15 is 0 Å². The molecule has 2 aromatic carbocycles. The number of carbonyl (C=O) groups is 3. The number of benzene rings is 2. The molecule has 5 nitrogen and oxygen atoms in total. The topological polar surface area (TPSA) is 66.5 Å². The van der Waals surface area contributed by atoms with E-state index in [1.54, 1.807) is 0 Å². The van der Waals surface area contributed by atoms with Gasteiger partial charge in [0.25, 0.3) is 11.8 Å². The van der Waals surface area contributed by atoms with Gasteiger partial charge in [0.1, 0.15) is 6.04 Å². The minimum atomic E-state index is -0.986. The van der Waals surface area contributed by atoms with Crippen LogP contribution in [-0.4, -0.2) is 28.7 Å². The van der Waals surface area contributed by atoms with Crippen molar-refractivity contribution in [3.8, 4) is 0 Å². The van der Waals surface area contributed by atoms with Crippen molar-refractivity contribution in [3.05, 3.63) is 62.6 Å². The summed E-state index contributed by atoms with van der Waals surface area (Å²) in [5.41, 5.74) is 2.82. The number of imide groups is 1. The summed E-state index contributed by atoms with van der Waals surface area (Å²) >= 11 is 11.9. The lowest BCUT2D eigenvalue weighted by Crippen LogP contribution is -2.45. The molecule has 1 heterocycles. The number of fused-ring (bicyclic) bond motifs is 1. The molecule has 1 N–H and O–H groups in total. The standard InChI is InChI=1S/C19H16Cl2N2O3/c1-9-4-5-10(2)16(6-9)22-17(24)11(3)23-18(25)12-7-14(20)15(21)8-13(12)19(23)26/h4-8,11H,1-3H3,(H,22,24)/t11-/m0/s1. The first-order valence-electron chi connectivity index (χ1n) is 7.95. The fraction of sp³-hybridized carbons (Fsp3) is 0.211. The number of aryl methyl sites for hydroxylation is 2. The highest BCUT2D eigenvalue weighted by Crippen LogP contribution is 2.32. The maximum atomic E-state index is 12.6. The third-order valence-electron chi connectivity index (χ3n) is 4.38. The van der Waals surface area contributed by atoms with Crippen molar-refractivity contribution in [1.82, 2.24) is 4.90 Å². The molecule has 1 aliphatic heterocycles. The Labute approximate surface area is 160 Å². The number of anilines is 1. The molecule has 3 amide bonds. The van der Waals surface area contributed by atoms with E-state index in [0.29, 0.717) is 5.69 Å². The highest BCUT2D eigenvalue weighted by Gasteiger charge is 2.41. The number of amides is 3. The lowest BCUT2D eigenvalue weighted by molar-refractivity contribution is -0.119. The second kappa shape index (κ2) is 6.74. The average molecular weight is 391 g/mol. The van der Waals surface area contributed by atoms with Crippen molar-refractivity contribution in [1.29, 1.82) is 0 Å². The summed E-state index contributed by atoms with van der Waals surface area (Å²) < 4.78 is 0. The van der Waals surface area contributed by atoms with Crippen LogP contribution in [0.15, 0.2) is 30.3 Å². The van der Waals surface area contributed by atoms with Gasteiger partial charge >= 0.3 is 0 Å². The second-order valence-corrected chi connectivity index (χ2v) is 7.09. The molecule has 0 saturated carbocycles. The molecule has 26 heavy (non-hydrogen) atoms. The highest BCUT2D eigenvalue weighted by atomic mass is 35.5. The van der Waals surface area contributed by atoms with Gasteiger partial charge in [-0.05, 0) is 50.1 Å². The van der Waals surface area contributed by atoms with Crippen molar-refractivity contribution < 1.29 is 14.4 Å². The molecule has 2 aromatic rings. The van der Waals surface area contributed by atoms with Crippen LogP contribution in [0.4, 0.5) is 5.69 Å². The summed E-state index contributed by atoms with van der Waals surface area (Å²) in [5.74, 6) is -1.58. The van der Waals surface area contributed by atoms with Crippen LogP contribution in [0.2, 0.25) is 10.0 Å². The van der Waals surface area contributed by atoms with Crippen LogP contribution >= 0.6 is 23.2 Å². The van der Waals surface area contributed by atoms with Gasteiger partial charge in [-0.3, -0.25) is 19.3 Å². The predicted molar refractivity (Wildman–Crippen MR) is 101 cm³/mol. The molecule has 0 aromatic heterocycles. The quantitative estimate of drug-likeness (QED) is 0.797. The van der Waals surface area contributed by atoms with Gasteiger partial charge in [0.2, 0.25) is 5.91 Å². The van der Waals surface area contributed by atoms with Crippen LogP contribution in [0.3, 0.4) is 0 Å². The fourth-order valence-electron chi connectivity index (χ4n) is 2.83. The minimum absolute atomic E-state index is 0.149. The van der Waals surface area contributed by atoms with Gasteiger partial charge in [0.05, 0.1) is 21.2 Å². The fourth-order valence-corrected chi connectivity index (χ4v) is 3.16. The van der Waals surface area contributed by atoms with E-state index in [1.807, 2.05) is 32.0 Å². The molecular formula is C19H16Cl2N2O3. The predicted octanol–water partition coefficient (Wildman–Crippen LogP) is 4.23. The SMILES string of the molecule is Cc1ccc(C)c(NC(=O)[C@H](C)N2C(=O)c3cc(Cl)c(Cl)cc3C2=O)c1. The third-order valence-corrected chi connectivity index (χ3v) is 5.10. The van der Waals surface area contributed by atoms with Crippen molar-refractivity contribution in [2.45, 2.75) is 26.8 Å². The Balaban J connectivity index is 1.87. The van der Waals surface area contributed by atoms with Crippen LogP contribution < -0.4 is 5.32 Å². The minimum Gasteiger partial charge on any atom is -0.324 e. The lowest BCUT2D eigenvalue weighted by Gasteiger charge is -2.22. The van der Waals surface area contributed by atoms with Gasteiger partial charge in [-0.25, -0.2) is 0 Å². The first kappa shape index (κ1) is 18.4. The summed E-state index contributed by atoms with van der Waals surface area (Å²) in [5, 5.41) is 3.14. The van der Waals surface area contributed by atoms with Crippen LogP contribution in [0.1, 0.15) is 38.8 Å². The summed E-state index contributed by atoms with van der Waals surface area (Å²) in [4.78, 5) is 38.8. The zero-order chi connectivity index (χ0) is 19.2. The zero-order valence-corrected chi connectivity index (χ0v) is 15.9. The molecule has 0 unspecified atom stereocenters. The molecule has 0 fully saturated rings. The van der Waals surface area contributed by atoms with E-state index in [0.717, 1.165) is 16.0 Å². The lowest BCUT2D eigenvalue weighted by atomic mass is 10.1. The number of hydrogen-bond donors (Lipinski definition) is 1. The molecule has 3 rings (SSSR count). The Morgan fingerprint density at radius 1 is 1.00 bits per heavy atom. The van der Waals surface area contributed by atoms with E-state index in [9.17, 15) is 14.4 Å². The Morgan fingerprint density at radius 2 is 1.54 bits per heavy atom. The average Bonchev–Trinajstić information content (AvgIpc) is 2.81. The largest absolute Gasteiger partial charge is 0.324 e. The van der Waals surface area contributed by atoms with E-state index in [-0.39, 0.29) is 21.2 Å². The molecule has 1 atom stereocenters.